The average Bonchev–Trinajstić information content (AvgIpc) is 2.83. The van der Waals surface area contributed by atoms with Crippen molar-refractivity contribution in [3.05, 3.63) is 48.4 Å². The topological polar surface area (TPSA) is 168 Å². The number of nitrogens with zero attached hydrogens (tertiary/aromatic N) is 5. The summed E-state index contributed by atoms with van der Waals surface area (Å²) in [5.74, 6) is -0.423. The van der Waals surface area contributed by atoms with Gasteiger partial charge in [-0.1, -0.05) is 0 Å². The maximum Gasteiger partial charge on any atom is 0.296 e. The van der Waals surface area contributed by atoms with Gasteiger partial charge < -0.3 is 4.42 Å². The second-order valence-corrected chi connectivity index (χ2v) is 3.76. The van der Waals surface area contributed by atoms with Crippen molar-refractivity contribution in [3.63, 3.8) is 0 Å². The molecule has 0 saturated heterocycles. The number of rotatable bonds is 4. The second-order valence-electron chi connectivity index (χ2n) is 3.76. The fourth-order valence-electron chi connectivity index (χ4n) is 1.61. The van der Waals surface area contributed by atoms with Crippen LogP contribution in [-0.4, -0.2) is 25.0 Å². The van der Waals surface area contributed by atoms with Gasteiger partial charge in [-0.15, -0.1) is 10.2 Å². The van der Waals surface area contributed by atoms with Gasteiger partial charge in [0.15, 0.2) is 5.56 Å². The molecular weight excluding hydrogens is 290 g/mol. The summed E-state index contributed by atoms with van der Waals surface area (Å²) in [6, 6.07) is 1.20. The maximum atomic E-state index is 11.0. The zero-order valence-corrected chi connectivity index (χ0v) is 10.2. The summed E-state index contributed by atoms with van der Waals surface area (Å²) in [5, 5.41) is 39.7. The van der Waals surface area contributed by atoms with Crippen LogP contribution in [0.1, 0.15) is 5.89 Å². The molecule has 0 atom stereocenters. The van der Waals surface area contributed by atoms with Gasteiger partial charge in [0, 0.05) is 6.92 Å². The van der Waals surface area contributed by atoms with Gasteiger partial charge in [0.1, 0.15) is 0 Å². The molecule has 0 radical (unpaired) electrons. The Morgan fingerprint density at radius 2 is 1.48 bits per heavy atom. The van der Waals surface area contributed by atoms with Crippen LogP contribution in [0.5, 0.6) is 0 Å². The Labute approximate surface area is 114 Å². The Morgan fingerprint density at radius 3 is 1.81 bits per heavy atom. The van der Waals surface area contributed by atoms with E-state index in [2.05, 4.69) is 10.2 Å². The van der Waals surface area contributed by atoms with Crippen LogP contribution in [0.4, 0.5) is 17.1 Å². The lowest BCUT2D eigenvalue weighted by molar-refractivity contribution is -0.402. The van der Waals surface area contributed by atoms with Gasteiger partial charge in [-0.25, -0.2) is 0 Å². The standard InChI is InChI=1S/C9H5N5O7/c1-4-10-11-9(21-4)8-6(13(17)18)2-5(12(15)16)3-7(8)14(19)20/h2-3H,1H3. The highest BCUT2D eigenvalue weighted by Gasteiger charge is 2.34. The third kappa shape index (κ3) is 2.49. The Kier molecular flexibility index (Phi) is 3.27. The third-order valence-electron chi connectivity index (χ3n) is 2.43. The maximum absolute atomic E-state index is 11.0. The van der Waals surface area contributed by atoms with E-state index in [9.17, 15) is 30.3 Å². The number of aryl methyl sites for hydroxylation is 1. The molecule has 12 nitrogen and oxygen atoms in total. The molecule has 0 aliphatic heterocycles. The summed E-state index contributed by atoms with van der Waals surface area (Å²) < 4.78 is 4.95. The predicted molar refractivity (Wildman–Crippen MR) is 64.4 cm³/mol. The van der Waals surface area contributed by atoms with Crippen molar-refractivity contribution in [1.82, 2.24) is 10.2 Å². The molecule has 1 heterocycles. The molecule has 1 aromatic carbocycles. The third-order valence-corrected chi connectivity index (χ3v) is 2.43. The van der Waals surface area contributed by atoms with E-state index in [0.29, 0.717) is 12.1 Å². The van der Waals surface area contributed by atoms with Crippen molar-refractivity contribution < 1.29 is 19.2 Å². The summed E-state index contributed by atoms with van der Waals surface area (Å²) in [4.78, 5) is 29.8. The summed E-state index contributed by atoms with van der Waals surface area (Å²) in [7, 11) is 0. The highest BCUT2D eigenvalue weighted by molar-refractivity contribution is 5.79. The molecule has 0 saturated carbocycles. The Bertz CT molecular complexity index is 733. The molecule has 0 fully saturated rings. The minimum absolute atomic E-state index is 0.0342. The summed E-state index contributed by atoms with van der Waals surface area (Å²) in [6.45, 7) is 1.39. The Hall–Kier alpha value is -3.44. The van der Waals surface area contributed by atoms with Crippen LogP contribution < -0.4 is 0 Å². The van der Waals surface area contributed by atoms with Gasteiger partial charge in [-0.3, -0.25) is 30.3 Å². The zero-order chi connectivity index (χ0) is 15.7. The SMILES string of the molecule is Cc1nnc(-c2c([N+](=O)[O-])cc([N+](=O)[O-])cc2[N+](=O)[O-])o1. The van der Waals surface area contributed by atoms with Crippen molar-refractivity contribution in [3.8, 4) is 11.5 Å². The van der Waals surface area contributed by atoms with E-state index in [1.807, 2.05) is 0 Å². The van der Waals surface area contributed by atoms with Gasteiger partial charge in [-0.05, 0) is 0 Å². The van der Waals surface area contributed by atoms with Crippen LogP contribution in [0.15, 0.2) is 16.5 Å². The molecule has 12 heteroatoms. The average molecular weight is 295 g/mol. The number of benzene rings is 1. The van der Waals surface area contributed by atoms with Crippen molar-refractivity contribution in [2.45, 2.75) is 6.92 Å². The highest BCUT2D eigenvalue weighted by atomic mass is 16.6. The van der Waals surface area contributed by atoms with Crippen molar-refractivity contribution in [1.29, 1.82) is 0 Å². The molecule has 0 aliphatic rings. The molecule has 0 N–H and O–H groups in total. The fraction of sp³-hybridized carbons (Fsp3) is 0.111. The Morgan fingerprint density at radius 1 is 0.952 bits per heavy atom. The number of hydrogen-bond acceptors (Lipinski definition) is 9. The molecule has 0 unspecified atom stereocenters. The van der Waals surface area contributed by atoms with E-state index in [1.165, 1.54) is 6.92 Å². The molecule has 2 rings (SSSR count). The van der Waals surface area contributed by atoms with Crippen LogP contribution in [0.25, 0.3) is 11.5 Å². The summed E-state index contributed by atoms with van der Waals surface area (Å²) >= 11 is 0. The minimum atomic E-state index is -0.991. The van der Waals surface area contributed by atoms with Gasteiger partial charge in [0.05, 0.1) is 26.9 Å². The van der Waals surface area contributed by atoms with Crippen molar-refractivity contribution in [2.24, 2.45) is 0 Å². The van der Waals surface area contributed by atoms with Gasteiger partial charge >= 0.3 is 0 Å². The van der Waals surface area contributed by atoms with Gasteiger partial charge in [0.2, 0.25) is 5.89 Å². The second kappa shape index (κ2) is 4.92. The van der Waals surface area contributed by atoms with E-state index in [4.69, 9.17) is 4.42 Å². The van der Waals surface area contributed by atoms with Crippen LogP contribution in [0.2, 0.25) is 0 Å². The Balaban J connectivity index is 2.85. The van der Waals surface area contributed by atoms with E-state index >= 15 is 0 Å². The van der Waals surface area contributed by atoms with Crippen LogP contribution in [0.3, 0.4) is 0 Å². The normalized spacial score (nSPS) is 10.3. The fourth-order valence-corrected chi connectivity index (χ4v) is 1.61. The van der Waals surface area contributed by atoms with E-state index < -0.39 is 43.3 Å². The monoisotopic (exact) mass is 295 g/mol. The summed E-state index contributed by atoms with van der Waals surface area (Å²) in [6.07, 6.45) is 0. The van der Waals surface area contributed by atoms with Gasteiger partial charge in [0.25, 0.3) is 23.0 Å². The minimum Gasteiger partial charge on any atom is -0.420 e. The van der Waals surface area contributed by atoms with Crippen molar-refractivity contribution >= 4 is 17.1 Å². The molecule has 0 spiro atoms. The van der Waals surface area contributed by atoms with Crippen LogP contribution in [-0.2, 0) is 0 Å². The number of non-ortho nitro benzene ring substituents is 1. The molecule has 0 bridgehead atoms. The van der Waals surface area contributed by atoms with Crippen LogP contribution in [0, 0.1) is 37.3 Å². The molecular formula is C9H5N5O7. The molecule has 1 aromatic heterocycles. The number of aromatic nitrogens is 2. The lowest BCUT2D eigenvalue weighted by Crippen LogP contribution is -2.00. The van der Waals surface area contributed by atoms with E-state index in [-0.39, 0.29) is 5.89 Å². The molecule has 21 heavy (non-hydrogen) atoms. The first kappa shape index (κ1) is 14.0. The first-order chi connectivity index (χ1) is 9.81. The zero-order valence-electron chi connectivity index (χ0n) is 10.2. The molecule has 0 aliphatic carbocycles. The van der Waals surface area contributed by atoms with Crippen molar-refractivity contribution in [2.75, 3.05) is 0 Å². The number of hydrogen-bond donors (Lipinski definition) is 0. The largest absolute Gasteiger partial charge is 0.420 e. The van der Waals surface area contributed by atoms with E-state index in [0.717, 1.165) is 0 Å². The molecule has 2 aromatic rings. The number of nitro groups is 3. The quantitative estimate of drug-likeness (QED) is 0.602. The first-order valence-corrected chi connectivity index (χ1v) is 5.23. The van der Waals surface area contributed by atoms with E-state index in [1.54, 1.807) is 0 Å². The lowest BCUT2D eigenvalue weighted by Gasteiger charge is -2.00. The lowest BCUT2D eigenvalue weighted by atomic mass is 10.1. The number of nitro benzene ring substituents is 3. The first-order valence-electron chi connectivity index (χ1n) is 5.23. The predicted octanol–water partition coefficient (Wildman–Crippen LogP) is 1.77. The van der Waals surface area contributed by atoms with Gasteiger partial charge in [-0.2, -0.15) is 0 Å². The smallest absolute Gasteiger partial charge is 0.296 e. The highest BCUT2D eigenvalue weighted by Crippen LogP contribution is 2.40. The molecule has 0 amide bonds. The summed E-state index contributed by atoms with van der Waals surface area (Å²) in [5.41, 5.74) is -3.08. The molecule has 108 valence electrons. The van der Waals surface area contributed by atoms with Crippen LogP contribution >= 0.6 is 0 Å².